The molecule has 0 saturated carbocycles. The third-order valence-corrected chi connectivity index (χ3v) is 4.25. The zero-order valence-electron chi connectivity index (χ0n) is 11.2. The fourth-order valence-electron chi connectivity index (χ4n) is 2.69. The number of carbonyl (C=O) groups is 1. The number of amides is 1. The minimum atomic E-state index is -0.0294. The third kappa shape index (κ3) is 3.30. The molecule has 1 aliphatic rings. The number of alkyl halides is 1. The van der Waals surface area contributed by atoms with Gasteiger partial charge in [-0.3, -0.25) is 4.79 Å². The van der Waals surface area contributed by atoms with E-state index in [-0.39, 0.29) is 11.7 Å². The zero-order valence-corrected chi connectivity index (χ0v) is 12.8. The van der Waals surface area contributed by atoms with E-state index in [1.54, 1.807) is 12.1 Å². The Morgan fingerprint density at radius 2 is 2.32 bits per heavy atom. The summed E-state index contributed by atoms with van der Waals surface area (Å²) in [6.45, 7) is 2.74. The average Bonchev–Trinajstić information content (AvgIpc) is 2.86. The van der Waals surface area contributed by atoms with Crippen LogP contribution < -0.4 is 0 Å². The second-order valence-electron chi connectivity index (χ2n) is 5.15. The highest BCUT2D eigenvalue weighted by molar-refractivity contribution is 9.09. The number of phenolic OH excluding ortho intramolecular Hbond substituents is 1. The largest absolute Gasteiger partial charge is 0.507 e. The maximum absolute atomic E-state index is 12.5. The number of rotatable bonds is 4. The van der Waals surface area contributed by atoms with E-state index in [1.165, 1.54) is 0 Å². The number of hydrogen-bond donors (Lipinski definition) is 1. The number of nitrogens with zero attached hydrogens (tertiary/aromatic N) is 1. The Morgan fingerprint density at radius 1 is 1.53 bits per heavy atom. The van der Waals surface area contributed by atoms with Crippen molar-refractivity contribution in [2.24, 2.45) is 0 Å². The van der Waals surface area contributed by atoms with Gasteiger partial charge in [-0.2, -0.15) is 0 Å². The van der Waals surface area contributed by atoms with Crippen LogP contribution in [0.15, 0.2) is 18.2 Å². The van der Waals surface area contributed by atoms with Gasteiger partial charge in [-0.05, 0) is 44.7 Å². The van der Waals surface area contributed by atoms with E-state index in [1.807, 2.05) is 17.9 Å². The summed E-state index contributed by atoms with van der Waals surface area (Å²) < 4.78 is 0. The van der Waals surface area contributed by atoms with E-state index in [0.717, 1.165) is 43.1 Å². The lowest BCUT2D eigenvalue weighted by Crippen LogP contribution is -2.35. The summed E-state index contributed by atoms with van der Waals surface area (Å²) in [5.41, 5.74) is 1.43. The minimum absolute atomic E-state index is 0.0294. The van der Waals surface area contributed by atoms with Gasteiger partial charge in [0.15, 0.2) is 0 Å². The van der Waals surface area contributed by atoms with Crippen molar-refractivity contribution in [3.63, 3.8) is 0 Å². The Balaban J connectivity index is 2.16. The van der Waals surface area contributed by atoms with Crippen molar-refractivity contribution in [3.8, 4) is 5.75 Å². The normalized spacial score (nSPS) is 18.8. The predicted molar refractivity (Wildman–Crippen MR) is 79.9 cm³/mol. The summed E-state index contributed by atoms with van der Waals surface area (Å²) in [7, 11) is 0. The molecule has 3 nitrogen and oxygen atoms in total. The van der Waals surface area contributed by atoms with Crippen LogP contribution in [0.5, 0.6) is 5.75 Å². The van der Waals surface area contributed by atoms with Crippen LogP contribution in [0.2, 0.25) is 0 Å². The van der Waals surface area contributed by atoms with Crippen LogP contribution in [-0.4, -0.2) is 33.8 Å². The van der Waals surface area contributed by atoms with Crippen LogP contribution in [0.4, 0.5) is 0 Å². The lowest BCUT2D eigenvalue weighted by Gasteiger charge is -2.25. The first-order valence-corrected chi connectivity index (χ1v) is 7.92. The van der Waals surface area contributed by atoms with Gasteiger partial charge in [0.1, 0.15) is 5.75 Å². The van der Waals surface area contributed by atoms with Gasteiger partial charge in [0.2, 0.25) is 0 Å². The Bertz CT molecular complexity index is 461. The van der Waals surface area contributed by atoms with Crippen molar-refractivity contribution in [1.29, 1.82) is 0 Å². The molecule has 1 fully saturated rings. The van der Waals surface area contributed by atoms with E-state index in [2.05, 4.69) is 15.9 Å². The number of hydrogen-bond acceptors (Lipinski definition) is 2. The number of carbonyl (C=O) groups excluding carboxylic acids is 1. The molecule has 0 spiro atoms. The number of likely N-dealkylation sites (tertiary alicyclic amines) is 1. The van der Waals surface area contributed by atoms with Crippen molar-refractivity contribution in [1.82, 2.24) is 4.90 Å². The van der Waals surface area contributed by atoms with Gasteiger partial charge in [-0.15, -0.1) is 0 Å². The minimum Gasteiger partial charge on any atom is -0.507 e. The van der Waals surface area contributed by atoms with Crippen LogP contribution >= 0.6 is 15.9 Å². The van der Waals surface area contributed by atoms with Crippen LogP contribution in [-0.2, 0) is 0 Å². The first kappa shape index (κ1) is 14.4. The molecule has 4 heteroatoms. The summed E-state index contributed by atoms with van der Waals surface area (Å²) in [5.74, 6) is 0.0556. The molecule has 1 N–H and O–H groups in total. The maximum atomic E-state index is 12.5. The monoisotopic (exact) mass is 325 g/mol. The maximum Gasteiger partial charge on any atom is 0.257 e. The summed E-state index contributed by atoms with van der Waals surface area (Å²) in [6, 6.07) is 5.52. The topological polar surface area (TPSA) is 40.5 Å². The Hall–Kier alpha value is -1.03. The highest BCUT2D eigenvalue weighted by Gasteiger charge is 2.30. The number of phenols is 1. The molecular weight excluding hydrogens is 306 g/mol. The van der Waals surface area contributed by atoms with Crippen molar-refractivity contribution < 1.29 is 9.90 Å². The number of benzene rings is 1. The number of halogens is 1. The molecule has 1 atom stereocenters. The average molecular weight is 326 g/mol. The lowest BCUT2D eigenvalue weighted by molar-refractivity contribution is 0.0727. The number of aryl methyl sites for hydroxylation is 1. The molecule has 0 bridgehead atoms. The van der Waals surface area contributed by atoms with E-state index in [9.17, 15) is 9.90 Å². The molecule has 0 aliphatic carbocycles. The van der Waals surface area contributed by atoms with Gasteiger partial charge in [-0.1, -0.05) is 27.6 Å². The second-order valence-corrected chi connectivity index (χ2v) is 5.94. The Labute approximate surface area is 122 Å². The molecule has 1 amide bonds. The van der Waals surface area contributed by atoms with Crippen molar-refractivity contribution in [3.05, 3.63) is 29.3 Å². The summed E-state index contributed by atoms with van der Waals surface area (Å²) in [4.78, 5) is 14.5. The highest BCUT2D eigenvalue weighted by Crippen LogP contribution is 2.27. The molecule has 1 aromatic rings. The molecule has 1 saturated heterocycles. The fraction of sp³-hybridized carbons (Fsp3) is 0.533. The smallest absolute Gasteiger partial charge is 0.257 e. The summed E-state index contributed by atoms with van der Waals surface area (Å²) in [6.07, 6.45) is 4.24. The molecule has 2 rings (SSSR count). The highest BCUT2D eigenvalue weighted by atomic mass is 79.9. The van der Waals surface area contributed by atoms with Crippen LogP contribution in [0.1, 0.15) is 41.6 Å². The van der Waals surface area contributed by atoms with E-state index >= 15 is 0 Å². The molecule has 1 aliphatic heterocycles. The molecule has 1 aromatic carbocycles. The summed E-state index contributed by atoms with van der Waals surface area (Å²) in [5, 5.41) is 10.8. The van der Waals surface area contributed by atoms with Crippen molar-refractivity contribution in [2.45, 2.75) is 38.6 Å². The van der Waals surface area contributed by atoms with E-state index in [4.69, 9.17) is 0 Å². The molecule has 0 radical (unpaired) electrons. The van der Waals surface area contributed by atoms with Crippen LogP contribution in [0, 0.1) is 6.92 Å². The van der Waals surface area contributed by atoms with E-state index < -0.39 is 0 Å². The quantitative estimate of drug-likeness (QED) is 0.861. The molecule has 19 heavy (non-hydrogen) atoms. The van der Waals surface area contributed by atoms with Gasteiger partial charge in [0, 0.05) is 17.9 Å². The first-order chi connectivity index (χ1) is 9.13. The molecule has 104 valence electrons. The lowest BCUT2D eigenvalue weighted by atomic mass is 10.1. The second kappa shape index (κ2) is 6.42. The standard InChI is InChI=1S/C15H20BrNO2/c1-11-6-7-14(18)13(10-11)15(19)17-9-3-5-12(17)4-2-8-16/h6-7,10,12,18H,2-5,8-9H2,1H3. The SMILES string of the molecule is Cc1ccc(O)c(C(=O)N2CCCC2CCCBr)c1. The molecule has 1 unspecified atom stereocenters. The van der Waals surface area contributed by atoms with Crippen LogP contribution in [0.3, 0.4) is 0 Å². The van der Waals surface area contributed by atoms with Gasteiger partial charge >= 0.3 is 0 Å². The van der Waals surface area contributed by atoms with E-state index in [0.29, 0.717) is 11.6 Å². The van der Waals surface area contributed by atoms with Crippen molar-refractivity contribution >= 4 is 21.8 Å². The Kier molecular flexibility index (Phi) is 4.86. The first-order valence-electron chi connectivity index (χ1n) is 6.80. The third-order valence-electron chi connectivity index (χ3n) is 3.69. The van der Waals surface area contributed by atoms with Gasteiger partial charge in [0.05, 0.1) is 5.56 Å². The molecular formula is C15H20BrNO2. The summed E-state index contributed by atoms with van der Waals surface area (Å²) >= 11 is 3.44. The number of aromatic hydroxyl groups is 1. The molecule has 1 heterocycles. The van der Waals surface area contributed by atoms with Crippen molar-refractivity contribution in [2.75, 3.05) is 11.9 Å². The van der Waals surface area contributed by atoms with Gasteiger partial charge in [-0.25, -0.2) is 0 Å². The van der Waals surface area contributed by atoms with Gasteiger partial charge < -0.3 is 10.0 Å². The van der Waals surface area contributed by atoms with Crippen LogP contribution in [0.25, 0.3) is 0 Å². The fourth-order valence-corrected chi connectivity index (χ4v) is 3.02. The molecule has 0 aromatic heterocycles. The predicted octanol–water partition coefficient (Wildman–Crippen LogP) is 3.48. The zero-order chi connectivity index (χ0) is 13.8. The Morgan fingerprint density at radius 3 is 3.05 bits per heavy atom. The van der Waals surface area contributed by atoms with Gasteiger partial charge in [0.25, 0.3) is 5.91 Å².